The van der Waals surface area contributed by atoms with Gasteiger partial charge in [-0.2, -0.15) is 11.8 Å². The Morgan fingerprint density at radius 2 is 2.27 bits per heavy atom. The number of hydrogen-bond acceptors (Lipinski definition) is 4. The van der Waals surface area contributed by atoms with E-state index in [4.69, 9.17) is 11.6 Å². The van der Waals surface area contributed by atoms with Gasteiger partial charge in [-0.1, -0.05) is 11.6 Å². The molecule has 0 atom stereocenters. The van der Waals surface area contributed by atoms with Crippen LogP contribution in [0.3, 0.4) is 0 Å². The SMILES string of the molecule is CSCCc1nnc2cc(Cl)nc(C)n12. The van der Waals surface area contributed by atoms with E-state index in [9.17, 15) is 0 Å². The van der Waals surface area contributed by atoms with E-state index in [1.165, 1.54) is 0 Å². The van der Waals surface area contributed by atoms with E-state index in [1.807, 2.05) is 11.3 Å². The predicted molar refractivity (Wildman–Crippen MR) is 62.6 cm³/mol. The van der Waals surface area contributed by atoms with Gasteiger partial charge in [0.2, 0.25) is 0 Å². The maximum atomic E-state index is 5.84. The lowest BCUT2D eigenvalue weighted by atomic mass is 10.4. The van der Waals surface area contributed by atoms with Crippen LogP contribution in [0.25, 0.3) is 5.65 Å². The molecule has 0 saturated heterocycles. The third kappa shape index (κ3) is 2.08. The van der Waals surface area contributed by atoms with E-state index in [0.29, 0.717) is 5.15 Å². The molecule has 0 aromatic carbocycles. The minimum Gasteiger partial charge on any atom is -0.267 e. The Bertz CT molecular complexity index is 482. The number of aryl methyl sites for hydroxylation is 2. The molecule has 0 saturated carbocycles. The summed E-state index contributed by atoms with van der Waals surface area (Å²) in [6.07, 6.45) is 2.97. The smallest absolute Gasteiger partial charge is 0.165 e. The first-order chi connectivity index (χ1) is 7.22. The van der Waals surface area contributed by atoms with Crippen molar-refractivity contribution in [3.63, 3.8) is 0 Å². The molecule has 0 radical (unpaired) electrons. The standard InChI is InChI=1S/C9H11ClN4S/c1-6-11-7(10)5-9-13-12-8(14(6)9)3-4-15-2/h5H,3-4H2,1-2H3. The van der Waals surface area contributed by atoms with Crippen LogP contribution in [0.2, 0.25) is 5.15 Å². The zero-order valence-electron chi connectivity index (χ0n) is 8.57. The fourth-order valence-electron chi connectivity index (χ4n) is 1.48. The van der Waals surface area contributed by atoms with Gasteiger partial charge in [0, 0.05) is 18.2 Å². The van der Waals surface area contributed by atoms with Crippen molar-refractivity contribution < 1.29 is 0 Å². The summed E-state index contributed by atoms with van der Waals surface area (Å²) in [5, 5.41) is 8.67. The molecule has 15 heavy (non-hydrogen) atoms. The first kappa shape index (κ1) is 10.7. The van der Waals surface area contributed by atoms with Gasteiger partial charge in [0.05, 0.1) is 0 Å². The molecule has 0 aliphatic rings. The van der Waals surface area contributed by atoms with Crippen molar-refractivity contribution in [2.45, 2.75) is 13.3 Å². The zero-order valence-corrected chi connectivity index (χ0v) is 10.1. The van der Waals surface area contributed by atoms with Gasteiger partial charge in [0.1, 0.15) is 16.8 Å². The summed E-state index contributed by atoms with van der Waals surface area (Å²) in [5.74, 6) is 2.81. The van der Waals surface area contributed by atoms with Crippen molar-refractivity contribution in [3.05, 3.63) is 22.9 Å². The van der Waals surface area contributed by atoms with Crippen LogP contribution < -0.4 is 0 Å². The molecule has 80 valence electrons. The van der Waals surface area contributed by atoms with Crippen molar-refractivity contribution in [3.8, 4) is 0 Å². The van der Waals surface area contributed by atoms with Crippen molar-refractivity contribution in [2.24, 2.45) is 0 Å². The maximum Gasteiger partial charge on any atom is 0.165 e. The van der Waals surface area contributed by atoms with Crippen molar-refractivity contribution >= 4 is 29.0 Å². The van der Waals surface area contributed by atoms with Gasteiger partial charge < -0.3 is 0 Å². The van der Waals surface area contributed by atoms with Crippen LogP contribution in [-0.4, -0.2) is 31.6 Å². The molecule has 2 heterocycles. The van der Waals surface area contributed by atoms with E-state index < -0.39 is 0 Å². The van der Waals surface area contributed by atoms with Crippen LogP contribution in [0.5, 0.6) is 0 Å². The second kappa shape index (κ2) is 4.37. The Morgan fingerprint density at radius 3 is 3.00 bits per heavy atom. The van der Waals surface area contributed by atoms with Gasteiger partial charge in [0.25, 0.3) is 0 Å². The van der Waals surface area contributed by atoms with Crippen LogP contribution in [-0.2, 0) is 6.42 Å². The van der Waals surface area contributed by atoms with Crippen LogP contribution >= 0.6 is 23.4 Å². The van der Waals surface area contributed by atoms with E-state index in [1.54, 1.807) is 17.8 Å². The molecule has 2 aromatic rings. The van der Waals surface area contributed by atoms with Crippen LogP contribution in [0.4, 0.5) is 0 Å². The Labute approximate surface area is 97.1 Å². The third-order valence-corrected chi connectivity index (χ3v) is 2.93. The topological polar surface area (TPSA) is 43.1 Å². The van der Waals surface area contributed by atoms with Gasteiger partial charge >= 0.3 is 0 Å². The number of fused-ring (bicyclic) bond motifs is 1. The molecule has 2 rings (SSSR count). The normalized spacial score (nSPS) is 11.1. The molecule has 0 aliphatic heterocycles. The lowest BCUT2D eigenvalue weighted by Crippen LogP contribution is -2.02. The summed E-state index contributed by atoms with van der Waals surface area (Å²) in [6.45, 7) is 1.91. The van der Waals surface area contributed by atoms with Crippen LogP contribution in [0.15, 0.2) is 6.07 Å². The fourth-order valence-corrected chi connectivity index (χ4v) is 2.08. The highest BCUT2D eigenvalue weighted by atomic mass is 35.5. The van der Waals surface area contributed by atoms with Crippen molar-refractivity contribution in [1.82, 2.24) is 19.6 Å². The Balaban J connectivity index is 2.49. The van der Waals surface area contributed by atoms with Gasteiger partial charge in [-0.25, -0.2) is 4.98 Å². The van der Waals surface area contributed by atoms with Crippen molar-refractivity contribution in [1.29, 1.82) is 0 Å². The molecule has 0 unspecified atom stereocenters. The van der Waals surface area contributed by atoms with E-state index in [2.05, 4.69) is 21.4 Å². The number of hydrogen-bond donors (Lipinski definition) is 0. The van der Waals surface area contributed by atoms with Gasteiger partial charge in [-0.05, 0) is 13.2 Å². The van der Waals surface area contributed by atoms with Crippen LogP contribution in [0, 0.1) is 6.92 Å². The summed E-state index contributed by atoms with van der Waals surface area (Å²) in [5.41, 5.74) is 0.767. The monoisotopic (exact) mass is 242 g/mol. The van der Waals surface area contributed by atoms with Crippen LogP contribution in [0.1, 0.15) is 11.6 Å². The molecule has 0 fully saturated rings. The molecule has 0 bridgehead atoms. The van der Waals surface area contributed by atoms with E-state index >= 15 is 0 Å². The average molecular weight is 243 g/mol. The summed E-state index contributed by atoms with van der Waals surface area (Å²) in [4.78, 5) is 4.18. The fraction of sp³-hybridized carbons (Fsp3) is 0.444. The molecule has 0 amide bonds. The summed E-state index contributed by atoms with van der Waals surface area (Å²) in [6, 6.07) is 1.73. The Hall–Kier alpha value is -0.810. The highest BCUT2D eigenvalue weighted by Crippen LogP contribution is 2.13. The molecule has 2 aromatic heterocycles. The van der Waals surface area contributed by atoms with E-state index in [-0.39, 0.29) is 0 Å². The molecule has 4 nitrogen and oxygen atoms in total. The summed E-state index contributed by atoms with van der Waals surface area (Å²) in [7, 11) is 0. The number of rotatable bonds is 3. The highest BCUT2D eigenvalue weighted by Gasteiger charge is 2.08. The molecular weight excluding hydrogens is 232 g/mol. The van der Waals surface area contributed by atoms with Crippen molar-refractivity contribution in [2.75, 3.05) is 12.0 Å². The maximum absolute atomic E-state index is 5.84. The minimum atomic E-state index is 0.462. The average Bonchev–Trinajstić information content (AvgIpc) is 2.58. The first-order valence-corrected chi connectivity index (χ1v) is 6.35. The third-order valence-electron chi connectivity index (χ3n) is 2.13. The van der Waals surface area contributed by atoms with Gasteiger partial charge in [-0.15, -0.1) is 10.2 Å². The second-order valence-corrected chi connectivity index (χ2v) is 4.55. The lowest BCUT2D eigenvalue weighted by Gasteiger charge is -2.02. The van der Waals surface area contributed by atoms with E-state index in [0.717, 1.165) is 29.5 Å². The minimum absolute atomic E-state index is 0.462. The number of aromatic nitrogens is 4. The van der Waals surface area contributed by atoms with Gasteiger partial charge in [0.15, 0.2) is 5.65 Å². The summed E-state index contributed by atoms with van der Waals surface area (Å²) >= 11 is 7.63. The molecular formula is C9H11ClN4S. The predicted octanol–water partition coefficient (Wildman–Crippen LogP) is 1.99. The number of thioether (sulfide) groups is 1. The number of halogens is 1. The number of nitrogens with zero attached hydrogens (tertiary/aromatic N) is 4. The quantitative estimate of drug-likeness (QED) is 0.773. The molecule has 0 spiro atoms. The molecule has 0 N–H and O–H groups in total. The molecule has 6 heteroatoms. The first-order valence-electron chi connectivity index (χ1n) is 4.58. The van der Waals surface area contributed by atoms with Gasteiger partial charge in [-0.3, -0.25) is 4.40 Å². The summed E-state index contributed by atoms with van der Waals surface area (Å²) < 4.78 is 1.95. The lowest BCUT2D eigenvalue weighted by molar-refractivity contribution is 0.872. The second-order valence-electron chi connectivity index (χ2n) is 3.18. The molecule has 0 aliphatic carbocycles. The zero-order chi connectivity index (χ0) is 10.8. The largest absolute Gasteiger partial charge is 0.267 e. The Morgan fingerprint density at radius 1 is 1.47 bits per heavy atom. The Kier molecular flexibility index (Phi) is 3.11. The highest BCUT2D eigenvalue weighted by molar-refractivity contribution is 7.98.